The van der Waals surface area contributed by atoms with Crippen LogP contribution in [-0.2, 0) is 9.84 Å². The van der Waals surface area contributed by atoms with Crippen LogP contribution in [0.15, 0.2) is 48.0 Å². The average molecular weight is 374 g/mol. The van der Waals surface area contributed by atoms with Crippen LogP contribution in [0.3, 0.4) is 0 Å². The molecule has 0 spiro atoms. The molecule has 1 aromatic carbocycles. The minimum atomic E-state index is -3.25. The van der Waals surface area contributed by atoms with Gasteiger partial charge in [-0.1, -0.05) is 6.07 Å². The Morgan fingerprint density at radius 3 is 2.88 bits per heavy atom. The number of hydrogen-bond donors (Lipinski definition) is 1. The maximum absolute atomic E-state index is 12.8. The molecule has 3 heterocycles. The Morgan fingerprint density at radius 2 is 2.08 bits per heavy atom. The Bertz CT molecular complexity index is 1010. The summed E-state index contributed by atoms with van der Waals surface area (Å²) in [5.74, 6) is -0.0987. The predicted octanol–water partition coefficient (Wildman–Crippen LogP) is 3.23. The third-order valence-electron chi connectivity index (χ3n) is 4.69. The van der Waals surface area contributed by atoms with Gasteiger partial charge in [-0.15, -0.1) is 11.3 Å². The molecule has 130 valence electrons. The van der Waals surface area contributed by atoms with Crippen LogP contribution in [0.25, 0.3) is 10.9 Å². The van der Waals surface area contributed by atoms with E-state index < -0.39 is 15.1 Å². The number of carbonyl (C=O) groups is 1. The van der Waals surface area contributed by atoms with Gasteiger partial charge >= 0.3 is 0 Å². The fourth-order valence-electron chi connectivity index (χ4n) is 3.31. The van der Waals surface area contributed by atoms with Gasteiger partial charge in [0.15, 0.2) is 9.84 Å². The van der Waals surface area contributed by atoms with Crippen molar-refractivity contribution in [2.45, 2.75) is 11.7 Å². The fraction of sp³-hybridized carbons (Fsp3) is 0.278. The summed E-state index contributed by atoms with van der Waals surface area (Å²) in [5, 5.41) is 2.37. The van der Waals surface area contributed by atoms with Crippen molar-refractivity contribution in [3.63, 3.8) is 0 Å². The quantitative estimate of drug-likeness (QED) is 0.749. The van der Waals surface area contributed by atoms with E-state index in [0.717, 1.165) is 15.8 Å². The molecular formula is C18H18N2O3S2. The molecule has 0 bridgehead atoms. The van der Waals surface area contributed by atoms with Crippen molar-refractivity contribution >= 4 is 38.0 Å². The molecule has 7 heteroatoms. The number of amides is 1. The number of H-pyrrole nitrogens is 1. The van der Waals surface area contributed by atoms with Gasteiger partial charge in [-0.25, -0.2) is 8.42 Å². The average Bonchev–Trinajstić information content (AvgIpc) is 3.25. The summed E-state index contributed by atoms with van der Waals surface area (Å²) in [6.45, 7) is 0.694. The van der Waals surface area contributed by atoms with Crippen LogP contribution >= 0.6 is 11.3 Å². The highest BCUT2D eigenvalue weighted by Crippen LogP contribution is 2.32. The van der Waals surface area contributed by atoms with E-state index in [-0.39, 0.29) is 18.2 Å². The maximum atomic E-state index is 12.8. The maximum Gasteiger partial charge on any atom is 0.253 e. The van der Waals surface area contributed by atoms with Gasteiger partial charge in [-0.2, -0.15) is 0 Å². The number of hydrogen-bond acceptors (Lipinski definition) is 4. The summed E-state index contributed by atoms with van der Waals surface area (Å²) in [7, 11) is -3.25. The van der Waals surface area contributed by atoms with Crippen LogP contribution in [0.5, 0.6) is 0 Å². The molecule has 1 saturated heterocycles. The van der Waals surface area contributed by atoms with Gasteiger partial charge in [0.1, 0.15) is 0 Å². The highest BCUT2D eigenvalue weighted by atomic mass is 32.2. The van der Waals surface area contributed by atoms with Crippen molar-refractivity contribution in [3.05, 3.63) is 58.4 Å². The standard InChI is InChI=1S/C18H18N2O3S2/c21-18(14-3-4-15-13(12-14)5-7-19-15)20-8-6-17(16-2-1-10-24-16)25(22,23)11-9-20/h1-5,7,10,12,17,19H,6,8-9,11H2. The van der Waals surface area contributed by atoms with E-state index in [1.54, 1.807) is 11.0 Å². The zero-order chi connectivity index (χ0) is 17.4. The molecule has 1 atom stereocenters. The van der Waals surface area contributed by atoms with Gasteiger partial charge in [0.2, 0.25) is 0 Å². The molecule has 1 aliphatic rings. The normalized spacial score (nSPS) is 20.5. The van der Waals surface area contributed by atoms with Crippen molar-refractivity contribution in [1.29, 1.82) is 0 Å². The predicted molar refractivity (Wildman–Crippen MR) is 99.7 cm³/mol. The lowest BCUT2D eigenvalue weighted by molar-refractivity contribution is 0.0767. The van der Waals surface area contributed by atoms with Gasteiger partial charge in [0, 0.05) is 40.6 Å². The molecule has 0 radical (unpaired) electrons. The lowest BCUT2D eigenvalue weighted by atomic mass is 10.1. The first-order valence-electron chi connectivity index (χ1n) is 8.16. The highest BCUT2D eigenvalue weighted by Gasteiger charge is 2.33. The van der Waals surface area contributed by atoms with Gasteiger partial charge in [-0.05, 0) is 42.1 Å². The van der Waals surface area contributed by atoms with Crippen molar-refractivity contribution < 1.29 is 13.2 Å². The van der Waals surface area contributed by atoms with E-state index in [2.05, 4.69) is 4.98 Å². The number of rotatable bonds is 2. The zero-order valence-electron chi connectivity index (χ0n) is 13.5. The lowest BCUT2D eigenvalue weighted by Gasteiger charge is -2.20. The SMILES string of the molecule is O=C(c1ccc2[nH]ccc2c1)N1CCC(c2cccs2)S(=O)(=O)CC1. The first kappa shape index (κ1) is 16.4. The molecule has 1 amide bonds. The summed E-state index contributed by atoms with van der Waals surface area (Å²) in [5.41, 5.74) is 1.58. The first-order chi connectivity index (χ1) is 12.0. The van der Waals surface area contributed by atoms with E-state index in [9.17, 15) is 13.2 Å². The van der Waals surface area contributed by atoms with E-state index in [1.807, 2.05) is 41.9 Å². The molecule has 3 aromatic rings. The number of carbonyl (C=O) groups excluding carboxylic acids is 1. The van der Waals surface area contributed by atoms with Gasteiger partial charge in [0.05, 0.1) is 11.0 Å². The zero-order valence-corrected chi connectivity index (χ0v) is 15.1. The Labute approximate surface area is 150 Å². The summed E-state index contributed by atoms with van der Waals surface area (Å²) in [4.78, 5) is 18.5. The van der Waals surface area contributed by atoms with Crippen molar-refractivity contribution in [2.75, 3.05) is 18.8 Å². The van der Waals surface area contributed by atoms with E-state index >= 15 is 0 Å². The third-order valence-corrected chi connectivity index (χ3v) is 7.93. The van der Waals surface area contributed by atoms with Gasteiger partial charge < -0.3 is 9.88 Å². The summed E-state index contributed by atoms with van der Waals surface area (Å²) < 4.78 is 25.2. The largest absolute Gasteiger partial charge is 0.361 e. The number of sulfone groups is 1. The summed E-state index contributed by atoms with van der Waals surface area (Å²) in [6, 6.07) is 11.2. The second kappa shape index (κ2) is 6.31. The van der Waals surface area contributed by atoms with Crippen molar-refractivity contribution in [1.82, 2.24) is 9.88 Å². The summed E-state index contributed by atoms with van der Waals surface area (Å²) >= 11 is 1.46. The molecule has 1 unspecified atom stereocenters. The Hall–Kier alpha value is -2.12. The fourth-order valence-corrected chi connectivity index (χ4v) is 6.31. The number of aromatic nitrogens is 1. The number of nitrogens with one attached hydrogen (secondary N) is 1. The van der Waals surface area contributed by atoms with E-state index in [1.165, 1.54) is 11.3 Å². The molecule has 25 heavy (non-hydrogen) atoms. The molecule has 0 aliphatic carbocycles. The molecule has 1 N–H and O–H groups in total. The second-order valence-corrected chi connectivity index (χ2v) is 9.51. The molecular weight excluding hydrogens is 356 g/mol. The number of nitrogens with zero attached hydrogens (tertiary/aromatic N) is 1. The minimum Gasteiger partial charge on any atom is -0.361 e. The Balaban J connectivity index is 1.58. The molecule has 2 aromatic heterocycles. The topological polar surface area (TPSA) is 70.2 Å². The molecule has 0 saturated carbocycles. The van der Waals surface area contributed by atoms with Gasteiger partial charge in [-0.3, -0.25) is 4.79 Å². The van der Waals surface area contributed by atoms with Crippen LogP contribution < -0.4 is 0 Å². The van der Waals surface area contributed by atoms with Crippen molar-refractivity contribution in [3.8, 4) is 0 Å². The Kier molecular flexibility index (Phi) is 4.13. The molecule has 5 nitrogen and oxygen atoms in total. The molecule has 1 aliphatic heterocycles. The van der Waals surface area contributed by atoms with Crippen LogP contribution in [0.2, 0.25) is 0 Å². The first-order valence-corrected chi connectivity index (χ1v) is 10.8. The highest BCUT2D eigenvalue weighted by molar-refractivity contribution is 7.91. The monoisotopic (exact) mass is 374 g/mol. The molecule has 4 rings (SSSR count). The van der Waals surface area contributed by atoms with Gasteiger partial charge in [0.25, 0.3) is 5.91 Å². The smallest absolute Gasteiger partial charge is 0.253 e. The third kappa shape index (κ3) is 3.09. The van der Waals surface area contributed by atoms with E-state index in [0.29, 0.717) is 18.5 Å². The van der Waals surface area contributed by atoms with Crippen molar-refractivity contribution in [2.24, 2.45) is 0 Å². The molecule has 1 fully saturated rings. The Morgan fingerprint density at radius 1 is 1.20 bits per heavy atom. The second-order valence-electron chi connectivity index (χ2n) is 6.23. The number of aromatic amines is 1. The van der Waals surface area contributed by atoms with Crippen LogP contribution in [0.1, 0.15) is 26.9 Å². The van der Waals surface area contributed by atoms with Crippen LogP contribution in [-0.4, -0.2) is 43.1 Å². The summed E-state index contributed by atoms with van der Waals surface area (Å²) in [6.07, 6.45) is 2.28. The number of thiophene rings is 1. The minimum absolute atomic E-state index is 0.00764. The van der Waals surface area contributed by atoms with Crippen LogP contribution in [0.4, 0.5) is 0 Å². The number of benzene rings is 1. The lowest BCUT2D eigenvalue weighted by Crippen LogP contribution is -2.33. The number of fused-ring (bicyclic) bond motifs is 1. The van der Waals surface area contributed by atoms with Crippen LogP contribution in [0, 0.1) is 0 Å². The van der Waals surface area contributed by atoms with E-state index in [4.69, 9.17) is 0 Å².